The third-order valence-corrected chi connectivity index (χ3v) is 3.85. The third-order valence-electron chi connectivity index (χ3n) is 3.33. The quantitative estimate of drug-likeness (QED) is 0.864. The minimum atomic E-state index is 0.420. The Balaban J connectivity index is 1.58. The number of nitrogens with zero attached hydrogens (tertiary/aromatic N) is 1. The zero-order chi connectivity index (χ0) is 14.7. The Morgan fingerprint density at radius 1 is 1.14 bits per heavy atom. The molecule has 21 heavy (non-hydrogen) atoms. The van der Waals surface area contributed by atoms with E-state index in [9.17, 15) is 0 Å². The molecule has 0 spiro atoms. The van der Waals surface area contributed by atoms with E-state index < -0.39 is 0 Å². The van der Waals surface area contributed by atoms with Crippen molar-refractivity contribution in [3.05, 3.63) is 57.7 Å². The first kappa shape index (κ1) is 14.6. The molecule has 1 N–H and O–H groups in total. The molecular weight excluding hydrogens is 307 g/mol. The van der Waals surface area contributed by atoms with Gasteiger partial charge in [0.05, 0.1) is 0 Å². The number of rotatable bonds is 6. The SMILES string of the molecule is Clc1ccc(COc2ncc(CNC3CC3)cc2Cl)cc1. The summed E-state index contributed by atoms with van der Waals surface area (Å²) in [5.74, 6) is 0.460. The Morgan fingerprint density at radius 2 is 1.90 bits per heavy atom. The van der Waals surface area contributed by atoms with Crippen LogP contribution in [0.25, 0.3) is 0 Å². The van der Waals surface area contributed by atoms with Crippen LogP contribution in [0.1, 0.15) is 24.0 Å². The smallest absolute Gasteiger partial charge is 0.232 e. The van der Waals surface area contributed by atoms with Crippen molar-refractivity contribution in [1.29, 1.82) is 0 Å². The third kappa shape index (κ3) is 4.34. The molecule has 110 valence electrons. The normalized spacial score (nSPS) is 14.2. The number of pyridine rings is 1. The molecule has 0 atom stereocenters. The summed E-state index contributed by atoms with van der Waals surface area (Å²) in [5.41, 5.74) is 2.10. The first-order valence-electron chi connectivity index (χ1n) is 6.96. The maximum absolute atomic E-state index is 6.22. The van der Waals surface area contributed by atoms with Crippen LogP contribution in [0.2, 0.25) is 10.0 Å². The number of aromatic nitrogens is 1. The average molecular weight is 323 g/mol. The van der Waals surface area contributed by atoms with E-state index in [0.717, 1.165) is 17.7 Å². The molecule has 1 fully saturated rings. The van der Waals surface area contributed by atoms with Crippen molar-refractivity contribution in [3.8, 4) is 5.88 Å². The summed E-state index contributed by atoms with van der Waals surface area (Å²) < 4.78 is 5.65. The van der Waals surface area contributed by atoms with E-state index in [1.54, 1.807) is 6.20 Å². The van der Waals surface area contributed by atoms with Crippen LogP contribution in [0.15, 0.2) is 36.5 Å². The van der Waals surface area contributed by atoms with Crippen LogP contribution < -0.4 is 10.1 Å². The molecule has 0 aliphatic heterocycles. The summed E-state index contributed by atoms with van der Waals surface area (Å²) in [6.07, 6.45) is 4.34. The highest BCUT2D eigenvalue weighted by molar-refractivity contribution is 6.31. The summed E-state index contributed by atoms with van der Waals surface area (Å²) >= 11 is 12.1. The maximum Gasteiger partial charge on any atom is 0.232 e. The number of nitrogens with one attached hydrogen (secondary N) is 1. The number of hydrogen-bond donors (Lipinski definition) is 1. The Hall–Kier alpha value is -1.29. The molecule has 1 aliphatic rings. The predicted molar refractivity (Wildman–Crippen MR) is 84.9 cm³/mol. The summed E-state index contributed by atoms with van der Waals surface area (Å²) in [7, 11) is 0. The van der Waals surface area contributed by atoms with Crippen molar-refractivity contribution in [1.82, 2.24) is 10.3 Å². The van der Waals surface area contributed by atoms with Gasteiger partial charge < -0.3 is 10.1 Å². The van der Waals surface area contributed by atoms with Crippen molar-refractivity contribution >= 4 is 23.2 Å². The van der Waals surface area contributed by atoms with Gasteiger partial charge in [0.1, 0.15) is 11.6 Å². The van der Waals surface area contributed by atoms with Crippen LogP contribution in [-0.2, 0) is 13.2 Å². The highest BCUT2D eigenvalue weighted by Gasteiger charge is 2.20. The lowest BCUT2D eigenvalue weighted by Crippen LogP contribution is -2.15. The van der Waals surface area contributed by atoms with Gasteiger partial charge in [0, 0.05) is 23.8 Å². The molecule has 0 saturated heterocycles. The molecule has 3 nitrogen and oxygen atoms in total. The van der Waals surface area contributed by atoms with Gasteiger partial charge in [0.15, 0.2) is 0 Å². The van der Waals surface area contributed by atoms with Gasteiger partial charge in [-0.05, 0) is 42.2 Å². The number of hydrogen-bond acceptors (Lipinski definition) is 3. The second-order valence-electron chi connectivity index (χ2n) is 5.20. The fraction of sp³-hybridized carbons (Fsp3) is 0.312. The molecule has 0 radical (unpaired) electrons. The summed E-state index contributed by atoms with van der Waals surface area (Å²) in [6, 6.07) is 10.1. The van der Waals surface area contributed by atoms with Gasteiger partial charge in [0.25, 0.3) is 0 Å². The van der Waals surface area contributed by atoms with Crippen LogP contribution in [0.5, 0.6) is 5.88 Å². The molecule has 1 aromatic carbocycles. The van der Waals surface area contributed by atoms with Crippen LogP contribution >= 0.6 is 23.2 Å². The molecule has 5 heteroatoms. The zero-order valence-electron chi connectivity index (χ0n) is 11.5. The van der Waals surface area contributed by atoms with Crippen LogP contribution in [0.4, 0.5) is 0 Å². The Bertz CT molecular complexity index is 612. The van der Waals surface area contributed by atoms with Crippen LogP contribution in [0.3, 0.4) is 0 Å². The van der Waals surface area contributed by atoms with E-state index in [1.165, 1.54) is 12.8 Å². The van der Waals surface area contributed by atoms with E-state index in [1.807, 2.05) is 30.3 Å². The van der Waals surface area contributed by atoms with Crippen molar-refractivity contribution in [2.45, 2.75) is 32.0 Å². The van der Waals surface area contributed by atoms with Gasteiger partial charge in [-0.1, -0.05) is 35.3 Å². The van der Waals surface area contributed by atoms with E-state index in [4.69, 9.17) is 27.9 Å². The van der Waals surface area contributed by atoms with Gasteiger partial charge in [-0.15, -0.1) is 0 Å². The molecule has 3 rings (SSSR count). The monoisotopic (exact) mass is 322 g/mol. The largest absolute Gasteiger partial charge is 0.472 e. The molecule has 1 aliphatic carbocycles. The maximum atomic E-state index is 6.22. The minimum Gasteiger partial charge on any atom is -0.472 e. The lowest BCUT2D eigenvalue weighted by molar-refractivity contribution is 0.294. The van der Waals surface area contributed by atoms with Gasteiger partial charge in [-0.25, -0.2) is 4.98 Å². The standard InChI is InChI=1S/C16H16Cl2N2O/c17-13-3-1-11(2-4-13)10-21-16-15(18)7-12(9-20-16)8-19-14-5-6-14/h1-4,7,9,14,19H,5-6,8,10H2. The average Bonchev–Trinajstić information content (AvgIpc) is 3.30. The van der Waals surface area contributed by atoms with Crippen molar-refractivity contribution in [3.63, 3.8) is 0 Å². The predicted octanol–water partition coefficient (Wildman–Crippen LogP) is 4.22. The van der Waals surface area contributed by atoms with Crippen LogP contribution in [-0.4, -0.2) is 11.0 Å². The van der Waals surface area contributed by atoms with Gasteiger partial charge in [-0.2, -0.15) is 0 Å². The molecule has 1 aromatic heterocycles. The second-order valence-corrected chi connectivity index (χ2v) is 6.04. The summed E-state index contributed by atoms with van der Waals surface area (Å²) in [5, 5.41) is 4.68. The molecule has 0 unspecified atom stereocenters. The lowest BCUT2D eigenvalue weighted by atomic mass is 10.2. The molecule has 0 amide bonds. The summed E-state index contributed by atoms with van der Waals surface area (Å²) in [4.78, 5) is 4.29. The Morgan fingerprint density at radius 3 is 2.57 bits per heavy atom. The molecule has 2 aromatic rings. The topological polar surface area (TPSA) is 34.1 Å². The first-order valence-corrected chi connectivity index (χ1v) is 7.71. The van der Waals surface area contributed by atoms with E-state index in [2.05, 4.69) is 10.3 Å². The van der Waals surface area contributed by atoms with Gasteiger partial charge in [-0.3, -0.25) is 0 Å². The highest BCUT2D eigenvalue weighted by Crippen LogP contribution is 2.24. The Labute approximate surface area is 134 Å². The second kappa shape index (κ2) is 6.65. The highest BCUT2D eigenvalue weighted by atomic mass is 35.5. The van der Waals surface area contributed by atoms with Gasteiger partial charge in [0.2, 0.25) is 5.88 Å². The lowest BCUT2D eigenvalue weighted by Gasteiger charge is -2.09. The van der Waals surface area contributed by atoms with Crippen molar-refractivity contribution < 1.29 is 4.74 Å². The fourth-order valence-corrected chi connectivity index (χ4v) is 2.32. The number of halogens is 2. The molecular formula is C16H16Cl2N2O. The van der Waals surface area contributed by atoms with Crippen LogP contribution in [0, 0.1) is 0 Å². The minimum absolute atomic E-state index is 0.420. The zero-order valence-corrected chi connectivity index (χ0v) is 13.0. The first-order chi connectivity index (χ1) is 10.2. The molecule has 1 saturated carbocycles. The molecule has 0 bridgehead atoms. The van der Waals surface area contributed by atoms with E-state index in [0.29, 0.717) is 28.6 Å². The number of benzene rings is 1. The Kier molecular flexibility index (Phi) is 4.63. The van der Waals surface area contributed by atoms with Crippen molar-refractivity contribution in [2.24, 2.45) is 0 Å². The van der Waals surface area contributed by atoms with E-state index >= 15 is 0 Å². The van der Waals surface area contributed by atoms with Gasteiger partial charge >= 0.3 is 0 Å². The summed E-state index contributed by atoms with van der Waals surface area (Å²) in [6.45, 7) is 1.22. The molecule has 1 heterocycles. The fourth-order valence-electron chi connectivity index (χ4n) is 1.95. The van der Waals surface area contributed by atoms with E-state index in [-0.39, 0.29) is 0 Å². The number of ether oxygens (including phenoxy) is 1. The van der Waals surface area contributed by atoms with Crippen molar-refractivity contribution in [2.75, 3.05) is 0 Å².